The minimum Gasteiger partial charge on any atom is -0.331 e. The second-order valence-electron chi connectivity index (χ2n) is 6.07. The summed E-state index contributed by atoms with van der Waals surface area (Å²) in [7, 11) is 0. The first-order valence-corrected chi connectivity index (χ1v) is 10.3. The highest BCUT2D eigenvalue weighted by Crippen LogP contribution is 2.37. The van der Waals surface area contributed by atoms with Gasteiger partial charge in [-0.1, -0.05) is 36.4 Å². The first-order chi connectivity index (χ1) is 11.8. The van der Waals surface area contributed by atoms with Gasteiger partial charge in [-0.25, -0.2) is 4.79 Å². The van der Waals surface area contributed by atoms with Crippen LogP contribution in [0.2, 0.25) is 0 Å². The molecule has 5 heteroatoms. The Balaban J connectivity index is 1.45. The van der Waals surface area contributed by atoms with Crippen LogP contribution in [0.15, 0.2) is 58.3 Å². The van der Waals surface area contributed by atoms with Gasteiger partial charge < -0.3 is 10.6 Å². The molecule has 2 N–H and O–H groups in total. The lowest BCUT2D eigenvalue weighted by atomic mass is 10.0. The Morgan fingerprint density at radius 2 is 1.25 bits per heavy atom. The van der Waals surface area contributed by atoms with Gasteiger partial charge in [0.15, 0.2) is 0 Å². The molecule has 24 heavy (non-hydrogen) atoms. The molecule has 0 bridgehead atoms. The standard InChI is InChI=1S/C19H20N2OS2/c22-19(20-15-9-11-23-17-7-3-1-5-13(15)17)21-16-10-12-24-18-8-4-2-6-14(16)18/h1-8,15-16H,9-12H2,(H2,20,21,22)/t15-,16+. The van der Waals surface area contributed by atoms with Crippen LogP contribution in [0.25, 0.3) is 0 Å². The van der Waals surface area contributed by atoms with E-state index in [0.717, 1.165) is 24.3 Å². The van der Waals surface area contributed by atoms with E-state index in [1.165, 1.54) is 20.9 Å². The van der Waals surface area contributed by atoms with E-state index >= 15 is 0 Å². The molecule has 124 valence electrons. The second kappa shape index (κ2) is 7.11. The fourth-order valence-electron chi connectivity index (χ4n) is 3.34. The molecule has 0 radical (unpaired) electrons. The highest BCUT2D eigenvalue weighted by atomic mass is 32.2. The number of carbonyl (C=O) groups excluding carboxylic acids is 1. The van der Waals surface area contributed by atoms with E-state index in [1.807, 2.05) is 35.7 Å². The summed E-state index contributed by atoms with van der Waals surface area (Å²) in [6, 6.07) is 16.9. The summed E-state index contributed by atoms with van der Waals surface area (Å²) in [6.07, 6.45) is 1.96. The van der Waals surface area contributed by atoms with Crippen molar-refractivity contribution in [3.63, 3.8) is 0 Å². The Kier molecular flexibility index (Phi) is 4.72. The predicted octanol–water partition coefficient (Wildman–Crippen LogP) is 4.76. The number of benzene rings is 2. The van der Waals surface area contributed by atoms with Gasteiger partial charge in [-0.15, -0.1) is 23.5 Å². The number of nitrogens with one attached hydrogen (secondary N) is 2. The Bertz CT molecular complexity index is 688. The maximum absolute atomic E-state index is 12.6. The molecule has 2 heterocycles. The summed E-state index contributed by atoms with van der Waals surface area (Å²) in [5, 5.41) is 6.37. The lowest BCUT2D eigenvalue weighted by molar-refractivity contribution is 0.232. The molecule has 2 atom stereocenters. The van der Waals surface area contributed by atoms with E-state index in [4.69, 9.17) is 0 Å². The minimum absolute atomic E-state index is 0.0617. The minimum atomic E-state index is -0.0617. The van der Waals surface area contributed by atoms with E-state index in [1.54, 1.807) is 0 Å². The van der Waals surface area contributed by atoms with Gasteiger partial charge >= 0.3 is 6.03 Å². The molecule has 0 saturated heterocycles. The molecule has 0 aliphatic carbocycles. The summed E-state index contributed by atoms with van der Waals surface area (Å²) in [5.41, 5.74) is 2.48. The number of amides is 2. The van der Waals surface area contributed by atoms with Gasteiger partial charge in [0.25, 0.3) is 0 Å². The average molecular weight is 357 g/mol. The van der Waals surface area contributed by atoms with Crippen LogP contribution < -0.4 is 10.6 Å². The van der Waals surface area contributed by atoms with Gasteiger partial charge in [0.2, 0.25) is 0 Å². The van der Waals surface area contributed by atoms with Crippen molar-refractivity contribution in [1.82, 2.24) is 10.6 Å². The third kappa shape index (κ3) is 3.28. The number of rotatable bonds is 2. The lowest BCUT2D eigenvalue weighted by Crippen LogP contribution is -2.41. The average Bonchev–Trinajstić information content (AvgIpc) is 2.62. The van der Waals surface area contributed by atoms with E-state index in [2.05, 4.69) is 47.0 Å². The summed E-state index contributed by atoms with van der Waals surface area (Å²) < 4.78 is 0. The highest BCUT2D eigenvalue weighted by molar-refractivity contribution is 7.99. The zero-order chi connectivity index (χ0) is 16.4. The van der Waals surface area contributed by atoms with Gasteiger partial charge in [-0.3, -0.25) is 0 Å². The number of thioether (sulfide) groups is 2. The molecule has 0 unspecified atom stereocenters. The van der Waals surface area contributed by atoms with Crippen molar-refractivity contribution in [2.24, 2.45) is 0 Å². The van der Waals surface area contributed by atoms with Crippen LogP contribution in [0, 0.1) is 0 Å². The molecular weight excluding hydrogens is 336 g/mol. The molecule has 0 spiro atoms. The van der Waals surface area contributed by atoms with E-state index < -0.39 is 0 Å². The highest BCUT2D eigenvalue weighted by Gasteiger charge is 2.25. The van der Waals surface area contributed by atoms with Gasteiger partial charge in [0.05, 0.1) is 12.1 Å². The molecule has 0 aromatic heterocycles. The van der Waals surface area contributed by atoms with Gasteiger partial charge in [0.1, 0.15) is 0 Å². The largest absolute Gasteiger partial charge is 0.331 e. The van der Waals surface area contributed by atoms with E-state index in [0.29, 0.717) is 0 Å². The van der Waals surface area contributed by atoms with Crippen LogP contribution in [-0.4, -0.2) is 17.5 Å². The summed E-state index contributed by atoms with van der Waals surface area (Å²) >= 11 is 3.74. The van der Waals surface area contributed by atoms with Crippen molar-refractivity contribution in [2.45, 2.75) is 34.7 Å². The van der Waals surface area contributed by atoms with Crippen molar-refractivity contribution in [3.8, 4) is 0 Å². The molecule has 2 aliphatic heterocycles. The molecule has 0 saturated carbocycles. The molecule has 3 nitrogen and oxygen atoms in total. The molecule has 4 rings (SSSR count). The quantitative estimate of drug-likeness (QED) is 0.815. The van der Waals surface area contributed by atoms with Crippen LogP contribution in [-0.2, 0) is 0 Å². The third-order valence-corrected chi connectivity index (χ3v) is 6.77. The zero-order valence-electron chi connectivity index (χ0n) is 13.3. The van der Waals surface area contributed by atoms with Crippen LogP contribution in [0.3, 0.4) is 0 Å². The number of carbonyl (C=O) groups is 1. The molecule has 2 aromatic carbocycles. The molecular formula is C19H20N2OS2. The van der Waals surface area contributed by atoms with Crippen molar-refractivity contribution >= 4 is 29.6 Å². The fraction of sp³-hybridized carbons (Fsp3) is 0.316. The lowest BCUT2D eigenvalue weighted by Gasteiger charge is -2.29. The second-order valence-corrected chi connectivity index (χ2v) is 8.35. The van der Waals surface area contributed by atoms with Crippen LogP contribution in [0.1, 0.15) is 36.1 Å². The van der Waals surface area contributed by atoms with Crippen LogP contribution in [0.5, 0.6) is 0 Å². The number of urea groups is 1. The SMILES string of the molecule is O=C(N[C@H]1CCSc2ccccc21)N[C@@H]1CCSc2ccccc21. The topological polar surface area (TPSA) is 41.1 Å². The van der Waals surface area contributed by atoms with Crippen LogP contribution in [0.4, 0.5) is 4.79 Å². The van der Waals surface area contributed by atoms with E-state index in [-0.39, 0.29) is 18.1 Å². The van der Waals surface area contributed by atoms with Gasteiger partial charge in [0, 0.05) is 21.3 Å². The Hall–Kier alpha value is -1.59. The maximum Gasteiger partial charge on any atom is 0.315 e. The fourth-order valence-corrected chi connectivity index (χ4v) is 5.59. The normalized spacial score (nSPS) is 22.2. The monoisotopic (exact) mass is 356 g/mol. The molecule has 2 amide bonds. The summed E-state index contributed by atoms with van der Waals surface area (Å²) in [4.78, 5) is 15.1. The van der Waals surface area contributed by atoms with E-state index in [9.17, 15) is 4.79 Å². The number of hydrogen-bond donors (Lipinski definition) is 2. The predicted molar refractivity (Wildman–Crippen MR) is 101 cm³/mol. The smallest absolute Gasteiger partial charge is 0.315 e. The summed E-state index contributed by atoms with van der Waals surface area (Å²) in [6.45, 7) is 0. The molecule has 0 fully saturated rings. The van der Waals surface area contributed by atoms with Crippen molar-refractivity contribution in [3.05, 3.63) is 59.7 Å². The summed E-state index contributed by atoms with van der Waals surface area (Å²) in [5.74, 6) is 2.09. The van der Waals surface area contributed by atoms with Crippen molar-refractivity contribution in [2.75, 3.05) is 11.5 Å². The molecule has 2 aliphatic rings. The third-order valence-electron chi connectivity index (χ3n) is 4.53. The van der Waals surface area contributed by atoms with Crippen molar-refractivity contribution in [1.29, 1.82) is 0 Å². The van der Waals surface area contributed by atoms with Crippen molar-refractivity contribution < 1.29 is 4.79 Å². The number of fused-ring (bicyclic) bond motifs is 2. The van der Waals surface area contributed by atoms with Gasteiger partial charge in [-0.05, 0) is 36.1 Å². The first-order valence-electron chi connectivity index (χ1n) is 8.32. The Morgan fingerprint density at radius 3 is 1.75 bits per heavy atom. The Labute approximate surface area is 151 Å². The van der Waals surface area contributed by atoms with Crippen LogP contribution >= 0.6 is 23.5 Å². The number of hydrogen-bond acceptors (Lipinski definition) is 3. The Morgan fingerprint density at radius 1 is 0.792 bits per heavy atom. The first kappa shape index (κ1) is 15.9. The maximum atomic E-state index is 12.6. The molecule has 2 aromatic rings. The van der Waals surface area contributed by atoms with Gasteiger partial charge in [-0.2, -0.15) is 0 Å². The zero-order valence-corrected chi connectivity index (χ0v) is 15.0.